The Morgan fingerprint density at radius 3 is 2.62 bits per heavy atom. The molecule has 2 atom stereocenters. The molecule has 4 nitrogen and oxygen atoms in total. The largest absolute Gasteiger partial charge is 0.324 e. The van der Waals surface area contributed by atoms with E-state index < -0.39 is 0 Å². The molecule has 0 aromatic carbocycles. The van der Waals surface area contributed by atoms with Crippen LogP contribution in [-0.2, 0) is 0 Å². The molecule has 1 aromatic rings. The summed E-state index contributed by atoms with van der Waals surface area (Å²) in [7, 11) is 0. The molecule has 3 N–H and O–H groups in total. The summed E-state index contributed by atoms with van der Waals surface area (Å²) in [5, 5.41) is 3.50. The van der Waals surface area contributed by atoms with E-state index in [4.69, 9.17) is 6.42 Å². The van der Waals surface area contributed by atoms with E-state index in [1.54, 1.807) is 11.3 Å². The maximum absolute atomic E-state index is 5.74. The Hall–Kier alpha value is -2.13. The van der Waals surface area contributed by atoms with Crippen molar-refractivity contribution in [3.8, 4) is 12.3 Å². The highest BCUT2D eigenvalue weighted by atomic mass is 32.1. The molecule has 0 saturated heterocycles. The summed E-state index contributed by atoms with van der Waals surface area (Å²) in [4.78, 5) is 7.06. The predicted molar refractivity (Wildman–Crippen MR) is 128 cm³/mol. The first-order valence-electron chi connectivity index (χ1n) is 10.5. The van der Waals surface area contributed by atoms with Crippen molar-refractivity contribution in [2.24, 2.45) is 10.9 Å². The smallest absolute Gasteiger partial charge is 0.0962 e. The Kier molecular flexibility index (Phi) is 8.91. The monoisotopic (exact) mass is 410 g/mol. The molecule has 2 unspecified atom stereocenters. The Morgan fingerprint density at radius 2 is 2.00 bits per heavy atom. The second kappa shape index (κ2) is 11.2. The fraction of sp³-hybridized carbons (Fsp3) is 0.458. The van der Waals surface area contributed by atoms with Crippen molar-refractivity contribution in [1.29, 1.82) is 0 Å². The number of allylic oxidation sites excluding steroid dienone is 3. The lowest BCUT2D eigenvalue weighted by molar-refractivity contribution is 0.458. The number of aliphatic imine (C=N–C) groups is 1. The standard InChI is InChI=1S/C22H28N4S.C2H6/c1-6-14(3)20-10-11-21(27-20)16(5)23-13-17(7-2)15(4)24-22-12-19(25-26-22)18-8-9-18;1-2/h2,6,10-13,15,18,22,24-26H,8-9H2,1,3-5H3;1-2H3/b14-6?,17-13-,23-16?;. The van der Waals surface area contributed by atoms with Crippen LogP contribution in [0.4, 0.5) is 0 Å². The Labute approximate surface area is 180 Å². The van der Waals surface area contributed by atoms with Crippen molar-refractivity contribution >= 4 is 22.6 Å². The number of nitrogens with one attached hydrogen (secondary N) is 3. The molecular weight excluding hydrogens is 376 g/mol. The van der Waals surface area contributed by atoms with E-state index in [0.717, 1.165) is 16.2 Å². The molecule has 0 spiro atoms. The van der Waals surface area contributed by atoms with E-state index in [1.165, 1.54) is 29.0 Å². The first-order chi connectivity index (χ1) is 14.0. The van der Waals surface area contributed by atoms with Gasteiger partial charge in [-0.3, -0.25) is 10.3 Å². The van der Waals surface area contributed by atoms with Gasteiger partial charge in [0.05, 0.1) is 11.9 Å². The van der Waals surface area contributed by atoms with Crippen molar-refractivity contribution in [2.75, 3.05) is 0 Å². The minimum atomic E-state index is 0.0322. The lowest BCUT2D eigenvalue weighted by atomic mass is 10.1. The normalized spacial score (nSPS) is 20.9. The van der Waals surface area contributed by atoms with Gasteiger partial charge >= 0.3 is 0 Å². The Morgan fingerprint density at radius 1 is 1.31 bits per heavy atom. The maximum atomic E-state index is 5.74. The summed E-state index contributed by atoms with van der Waals surface area (Å²) in [6, 6.07) is 4.30. The SMILES string of the molecule is C#C/C(=C/N=C(C)c1ccc(C(C)=CC)s1)C(C)NC1C=C(C2CC2)NN1.CC. The van der Waals surface area contributed by atoms with E-state index >= 15 is 0 Å². The van der Waals surface area contributed by atoms with E-state index in [9.17, 15) is 0 Å². The van der Waals surface area contributed by atoms with Crippen LogP contribution in [0.2, 0.25) is 0 Å². The molecule has 1 fully saturated rings. The van der Waals surface area contributed by atoms with Gasteiger partial charge in [-0.1, -0.05) is 25.8 Å². The molecule has 0 amide bonds. The highest BCUT2D eigenvalue weighted by molar-refractivity contribution is 7.15. The quantitative estimate of drug-likeness (QED) is 0.426. The first-order valence-corrected chi connectivity index (χ1v) is 11.3. The summed E-state index contributed by atoms with van der Waals surface area (Å²) >= 11 is 1.75. The van der Waals surface area contributed by atoms with Crippen molar-refractivity contribution in [3.05, 3.63) is 51.5 Å². The van der Waals surface area contributed by atoms with Crippen molar-refractivity contribution in [1.82, 2.24) is 16.2 Å². The van der Waals surface area contributed by atoms with E-state index in [1.807, 2.05) is 27.0 Å². The number of hydrogen-bond donors (Lipinski definition) is 3. The molecule has 1 aliphatic carbocycles. The van der Waals surface area contributed by atoms with Crippen LogP contribution in [0.15, 0.2) is 46.7 Å². The zero-order valence-electron chi connectivity index (χ0n) is 18.5. The van der Waals surface area contributed by atoms with Gasteiger partial charge in [-0.05, 0) is 70.2 Å². The van der Waals surface area contributed by atoms with Crippen LogP contribution in [0.25, 0.3) is 5.57 Å². The summed E-state index contributed by atoms with van der Waals surface area (Å²) in [5.41, 5.74) is 10.9. The number of nitrogens with zero attached hydrogens (tertiary/aromatic N) is 1. The second-order valence-corrected chi connectivity index (χ2v) is 8.19. The molecule has 0 radical (unpaired) electrons. The zero-order valence-corrected chi connectivity index (χ0v) is 19.3. The minimum absolute atomic E-state index is 0.0322. The molecule has 0 bridgehead atoms. The Balaban J connectivity index is 0.00000145. The fourth-order valence-electron chi connectivity index (χ4n) is 2.90. The van der Waals surface area contributed by atoms with Crippen LogP contribution in [0.1, 0.15) is 64.1 Å². The molecule has 1 saturated carbocycles. The molecule has 2 aliphatic rings. The number of hydrogen-bond acceptors (Lipinski definition) is 5. The van der Waals surface area contributed by atoms with Gasteiger partial charge in [-0.15, -0.1) is 17.8 Å². The first kappa shape index (κ1) is 23.2. The summed E-state index contributed by atoms with van der Waals surface area (Å²) < 4.78 is 0. The lowest BCUT2D eigenvalue weighted by Crippen LogP contribution is -2.46. The molecule has 1 aromatic heterocycles. The van der Waals surface area contributed by atoms with Crippen LogP contribution >= 0.6 is 11.3 Å². The van der Waals surface area contributed by atoms with Crippen LogP contribution < -0.4 is 16.2 Å². The average Bonchev–Trinajstić information content (AvgIpc) is 3.28. The van der Waals surface area contributed by atoms with E-state index in [2.05, 4.69) is 72.1 Å². The minimum Gasteiger partial charge on any atom is -0.324 e. The van der Waals surface area contributed by atoms with Gasteiger partial charge in [0, 0.05) is 33.3 Å². The molecule has 3 rings (SSSR count). The van der Waals surface area contributed by atoms with Gasteiger partial charge in [-0.25, -0.2) is 5.43 Å². The van der Waals surface area contributed by atoms with Gasteiger partial charge in [0.15, 0.2) is 0 Å². The fourth-order valence-corrected chi connectivity index (χ4v) is 3.88. The maximum Gasteiger partial charge on any atom is 0.0962 e. The van der Waals surface area contributed by atoms with E-state index in [-0.39, 0.29) is 12.2 Å². The summed E-state index contributed by atoms with van der Waals surface area (Å²) in [6.45, 7) is 12.3. The highest BCUT2D eigenvalue weighted by Crippen LogP contribution is 2.35. The van der Waals surface area contributed by atoms with Crippen molar-refractivity contribution in [3.63, 3.8) is 0 Å². The van der Waals surface area contributed by atoms with Crippen LogP contribution in [0.5, 0.6) is 0 Å². The third-order valence-electron chi connectivity index (χ3n) is 4.98. The molecule has 5 heteroatoms. The number of terminal acetylenes is 1. The summed E-state index contributed by atoms with van der Waals surface area (Å²) in [5.74, 6) is 3.48. The predicted octanol–water partition coefficient (Wildman–Crippen LogP) is 5.23. The molecule has 2 heterocycles. The number of hydrazine groups is 1. The molecule has 1 aliphatic heterocycles. The van der Waals surface area contributed by atoms with Crippen molar-refractivity contribution in [2.45, 2.75) is 66.6 Å². The number of rotatable bonds is 7. The third kappa shape index (κ3) is 6.43. The van der Waals surface area contributed by atoms with Gasteiger partial charge in [0.2, 0.25) is 0 Å². The summed E-state index contributed by atoms with van der Waals surface area (Å²) in [6.07, 6.45) is 14.5. The van der Waals surface area contributed by atoms with Crippen molar-refractivity contribution < 1.29 is 0 Å². The molecular formula is C24H34N4S. The third-order valence-corrected chi connectivity index (χ3v) is 6.31. The topological polar surface area (TPSA) is 48.5 Å². The van der Waals surface area contributed by atoms with Crippen LogP contribution in [0.3, 0.4) is 0 Å². The zero-order chi connectivity index (χ0) is 21.4. The highest BCUT2D eigenvalue weighted by Gasteiger charge is 2.30. The Bertz CT molecular complexity index is 846. The van der Waals surface area contributed by atoms with Gasteiger partial charge in [-0.2, -0.15) is 0 Å². The average molecular weight is 411 g/mol. The van der Waals surface area contributed by atoms with Gasteiger partial charge in [0.1, 0.15) is 0 Å². The van der Waals surface area contributed by atoms with Gasteiger partial charge in [0.25, 0.3) is 0 Å². The van der Waals surface area contributed by atoms with Crippen LogP contribution in [0, 0.1) is 18.3 Å². The van der Waals surface area contributed by atoms with Crippen LogP contribution in [-0.4, -0.2) is 17.9 Å². The molecule has 29 heavy (non-hydrogen) atoms. The second-order valence-electron chi connectivity index (χ2n) is 7.11. The van der Waals surface area contributed by atoms with Gasteiger partial charge < -0.3 is 5.43 Å². The number of thiophene rings is 1. The lowest BCUT2D eigenvalue weighted by Gasteiger charge is -2.18. The molecule has 156 valence electrons. The van der Waals surface area contributed by atoms with E-state index in [0.29, 0.717) is 5.92 Å².